The van der Waals surface area contributed by atoms with Crippen LogP contribution >= 0.6 is 15.9 Å². The fraction of sp³-hybridized carbons (Fsp3) is 0.308. The van der Waals surface area contributed by atoms with Crippen molar-refractivity contribution >= 4 is 21.8 Å². The molecule has 0 heterocycles. The van der Waals surface area contributed by atoms with Crippen LogP contribution in [0.2, 0.25) is 0 Å². The molecule has 0 bridgehead atoms. The van der Waals surface area contributed by atoms with E-state index in [1.807, 2.05) is 6.92 Å². The van der Waals surface area contributed by atoms with Crippen molar-refractivity contribution in [3.05, 3.63) is 40.4 Å². The van der Waals surface area contributed by atoms with Crippen LogP contribution in [0.15, 0.2) is 34.8 Å². The Balaban J connectivity index is 2.36. The molecule has 0 saturated carbocycles. The number of nitrogens with one attached hydrogen (secondary N) is 1. The second-order valence-electron chi connectivity index (χ2n) is 3.93. The first-order chi connectivity index (χ1) is 8.50. The van der Waals surface area contributed by atoms with Crippen molar-refractivity contribution in [1.29, 1.82) is 0 Å². The smallest absolute Gasteiger partial charge is 0.251 e. The van der Waals surface area contributed by atoms with Crippen molar-refractivity contribution in [2.75, 3.05) is 19.8 Å². The summed E-state index contributed by atoms with van der Waals surface area (Å²) in [5.41, 5.74) is 1.36. The Hall–Kier alpha value is -1.33. The van der Waals surface area contributed by atoms with Crippen molar-refractivity contribution < 1.29 is 14.6 Å². The van der Waals surface area contributed by atoms with Crippen LogP contribution in [0.3, 0.4) is 0 Å². The molecule has 2 N–H and O–H groups in total. The first-order valence-corrected chi connectivity index (χ1v) is 6.29. The van der Waals surface area contributed by atoms with E-state index in [0.717, 1.165) is 5.57 Å². The first-order valence-electron chi connectivity index (χ1n) is 5.49. The molecule has 0 aromatic heterocycles. The predicted molar refractivity (Wildman–Crippen MR) is 73.8 cm³/mol. The van der Waals surface area contributed by atoms with Crippen LogP contribution < -0.4 is 5.32 Å². The van der Waals surface area contributed by atoms with Gasteiger partial charge in [-0.05, 0) is 41.1 Å². The zero-order chi connectivity index (χ0) is 13.5. The third-order valence-corrected chi connectivity index (χ3v) is 2.76. The summed E-state index contributed by atoms with van der Waals surface area (Å²) in [5.74, 6) is -0.196. The zero-order valence-electron chi connectivity index (χ0n) is 10.2. The number of ether oxygens (including phenoxy) is 1. The van der Waals surface area contributed by atoms with Gasteiger partial charge in [-0.25, -0.2) is 0 Å². The number of phenols is 1. The van der Waals surface area contributed by atoms with E-state index in [1.54, 1.807) is 12.1 Å². The quantitative estimate of drug-likeness (QED) is 0.626. The summed E-state index contributed by atoms with van der Waals surface area (Å²) < 4.78 is 5.81. The van der Waals surface area contributed by atoms with Gasteiger partial charge in [0.2, 0.25) is 0 Å². The Labute approximate surface area is 115 Å². The van der Waals surface area contributed by atoms with Crippen LogP contribution in [-0.4, -0.2) is 30.8 Å². The number of carbonyl (C=O) groups is 1. The van der Waals surface area contributed by atoms with Gasteiger partial charge >= 0.3 is 0 Å². The SMILES string of the molecule is C=C(C)COCCNC(=O)c1ccc(Br)c(O)c1. The van der Waals surface area contributed by atoms with E-state index in [1.165, 1.54) is 6.07 Å². The molecule has 1 aromatic carbocycles. The lowest BCUT2D eigenvalue weighted by molar-refractivity contribution is 0.0926. The number of hydrogen-bond donors (Lipinski definition) is 2. The second-order valence-corrected chi connectivity index (χ2v) is 4.79. The average molecular weight is 314 g/mol. The summed E-state index contributed by atoms with van der Waals surface area (Å²) in [4.78, 5) is 11.7. The molecule has 0 radical (unpaired) electrons. The third-order valence-electron chi connectivity index (χ3n) is 2.09. The van der Waals surface area contributed by atoms with E-state index in [4.69, 9.17) is 4.74 Å². The second kappa shape index (κ2) is 7.18. The standard InChI is InChI=1S/C13H16BrNO3/c1-9(2)8-18-6-5-15-13(17)10-3-4-11(14)12(16)7-10/h3-4,7,16H,1,5-6,8H2,2H3,(H,15,17). The molecule has 98 valence electrons. The molecule has 0 spiro atoms. The van der Waals surface area contributed by atoms with Gasteiger partial charge in [-0.15, -0.1) is 0 Å². The zero-order valence-corrected chi connectivity index (χ0v) is 11.8. The third kappa shape index (κ3) is 4.89. The lowest BCUT2D eigenvalue weighted by Gasteiger charge is -2.07. The Morgan fingerprint density at radius 2 is 2.28 bits per heavy atom. The first kappa shape index (κ1) is 14.7. The van der Waals surface area contributed by atoms with Gasteiger partial charge in [-0.3, -0.25) is 4.79 Å². The van der Waals surface area contributed by atoms with Crippen molar-refractivity contribution in [2.45, 2.75) is 6.92 Å². The summed E-state index contributed by atoms with van der Waals surface area (Å²) in [5, 5.41) is 12.2. The van der Waals surface area contributed by atoms with Gasteiger partial charge in [0.1, 0.15) is 5.75 Å². The van der Waals surface area contributed by atoms with Gasteiger partial charge < -0.3 is 15.2 Å². The highest BCUT2D eigenvalue weighted by Crippen LogP contribution is 2.24. The van der Waals surface area contributed by atoms with E-state index in [0.29, 0.717) is 29.8 Å². The molecule has 4 nitrogen and oxygen atoms in total. The van der Waals surface area contributed by atoms with E-state index in [2.05, 4.69) is 27.8 Å². The highest BCUT2D eigenvalue weighted by Gasteiger charge is 2.07. The number of rotatable bonds is 6. The maximum Gasteiger partial charge on any atom is 0.251 e. The molecule has 1 rings (SSSR count). The fourth-order valence-corrected chi connectivity index (χ4v) is 1.49. The van der Waals surface area contributed by atoms with Gasteiger partial charge in [0.05, 0.1) is 17.7 Å². The molecule has 0 aliphatic carbocycles. The summed E-state index contributed by atoms with van der Waals surface area (Å²) in [6.07, 6.45) is 0. The van der Waals surface area contributed by atoms with Crippen molar-refractivity contribution in [2.24, 2.45) is 0 Å². The maximum absolute atomic E-state index is 11.7. The average Bonchev–Trinajstić information content (AvgIpc) is 2.31. The normalized spacial score (nSPS) is 10.1. The molecular weight excluding hydrogens is 298 g/mol. The number of aromatic hydroxyl groups is 1. The molecule has 0 aliphatic rings. The molecule has 0 unspecified atom stereocenters. The molecule has 18 heavy (non-hydrogen) atoms. The maximum atomic E-state index is 11.7. The van der Waals surface area contributed by atoms with Gasteiger partial charge in [-0.1, -0.05) is 12.2 Å². The molecule has 1 aromatic rings. The molecular formula is C13H16BrNO3. The fourth-order valence-electron chi connectivity index (χ4n) is 1.24. The minimum Gasteiger partial charge on any atom is -0.507 e. The summed E-state index contributed by atoms with van der Waals surface area (Å²) in [7, 11) is 0. The molecule has 0 fully saturated rings. The summed E-state index contributed by atoms with van der Waals surface area (Å²) >= 11 is 3.16. The summed E-state index contributed by atoms with van der Waals surface area (Å²) in [6, 6.07) is 4.67. The van der Waals surface area contributed by atoms with Crippen LogP contribution in [-0.2, 0) is 4.74 Å². The van der Waals surface area contributed by atoms with Gasteiger partial charge in [0, 0.05) is 12.1 Å². The Morgan fingerprint density at radius 1 is 1.56 bits per heavy atom. The van der Waals surface area contributed by atoms with Crippen molar-refractivity contribution in [3.8, 4) is 5.75 Å². The van der Waals surface area contributed by atoms with E-state index in [9.17, 15) is 9.90 Å². The Kier molecular flexibility index (Phi) is 5.88. The van der Waals surface area contributed by atoms with Crippen molar-refractivity contribution in [1.82, 2.24) is 5.32 Å². The van der Waals surface area contributed by atoms with Crippen LogP contribution in [0, 0.1) is 0 Å². The Bertz CT molecular complexity index is 446. The van der Waals surface area contributed by atoms with Gasteiger partial charge in [-0.2, -0.15) is 0 Å². The number of benzene rings is 1. The number of hydrogen-bond acceptors (Lipinski definition) is 3. The van der Waals surface area contributed by atoms with Crippen LogP contribution in [0.25, 0.3) is 0 Å². The number of amides is 1. The minimum atomic E-state index is -0.239. The van der Waals surface area contributed by atoms with Crippen LogP contribution in [0.5, 0.6) is 5.75 Å². The van der Waals surface area contributed by atoms with Gasteiger partial charge in [0.25, 0.3) is 5.91 Å². The lowest BCUT2D eigenvalue weighted by Crippen LogP contribution is -2.27. The van der Waals surface area contributed by atoms with E-state index >= 15 is 0 Å². The van der Waals surface area contributed by atoms with Crippen LogP contribution in [0.4, 0.5) is 0 Å². The van der Waals surface area contributed by atoms with E-state index in [-0.39, 0.29) is 11.7 Å². The number of phenolic OH excluding ortho intramolecular Hbond substituents is 1. The molecule has 0 saturated heterocycles. The minimum absolute atomic E-state index is 0.0428. The largest absolute Gasteiger partial charge is 0.507 e. The molecule has 1 amide bonds. The molecule has 0 aliphatic heterocycles. The lowest BCUT2D eigenvalue weighted by atomic mass is 10.2. The molecule has 5 heteroatoms. The number of halogens is 1. The highest BCUT2D eigenvalue weighted by atomic mass is 79.9. The number of carbonyl (C=O) groups excluding carboxylic acids is 1. The summed E-state index contributed by atoms with van der Waals surface area (Å²) in [6.45, 7) is 6.93. The van der Waals surface area contributed by atoms with Crippen LogP contribution in [0.1, 0.15) is 17.3 Å². The van der Waals surface area contributed by atoms with Gasteiger partial charge in [0.15, 0.2) is 0 Å². The molecule has 0 atom stereocenters. The van der Waals surface area contributed by atoms with E-state index < -0.39 is 0 Å². The van der Waals surface area contributed by atoms with Crippen molar-refractivity contribution in [3.63, 3.8) is 0 Å². The topological polar surface area (TPSA) is 58.6 Å². The predicted octanol–water partition coefficient (Wildman–Crippen LogP) is 2.48. The highest BCUT2D eigenvalue weighted by molar-refractivity contribution is 9.10. The Morgan fingerprint density at radius 3 is 2.89 bits per heavy atom. The monoisotopic (exact) mass is 313 g/mol.